The Morgan fingerprint density at radius 2 is 1.74 bits per heavy atom. The van der Waals surface area contributed by atoms with Gasteiger partial charge in [0.25, 0.3) is 0 Å². The number of aromatic nitrogens is 2. The summed E-state index contributed by atoms with van der Waals surface area (Å²) in [6.45, 7) is 0.661. The highest BCUT2D eigenvalue weighted by Gasteiger charge is 2.34. The monoisotopic (exact) mass is 528 g/mol. The highest BCUT2D eigenvalue weighted by Crippen LogP contribution is 2.38. The van der Waals surface area contributed by atoms with E-state index in [0.717, 1.165) is 53.7 Å². The number of nitrogens with two attached hydrogens (primary N) is 1. The summed E-state index contributed by atoms with van der Waals surface area (Å²) >= 11 is 0. The quantitative estimate of drug-likeness (QED) is 0.300. The SMILES string of the molecule is NC(=O)C(NC(=O)C1CCCCC1c1ccc(Cn2c(CCO)nc3ccccc32)cc1)c1ccc(F)cc1. The van der Waals surface area contributed by atoms with Gasteiger partial charge in [-0.15, -0.1) is 0 Å². The molecule has 1 saturated carbocycles. The topological polar surface area (TPSA) is 110 Å². The molecule has 0 spiro atoms. The molecule has 0 saturated heterocycles. The maximum Gasteiger partial charge on any atom is 0.244 e. The van der Waals surface area contributed by atoms with Crippen molar-refractivity contribution in [3.8, 4) is 0 Å². The minimum absolute atomic E-state index is 0.0218. The normalized spacial score (nSPS) is 18.1. The van der Waals surface area contributed by atoms with Gasteiger partial charge in [-0.2, -0.15) is 0 Å². The number of hydrogen-bond acceptors (Lipinski definition) is 4. The number of amides is 2. The number of carbonyl (C=O) groups is 2. The van der Waals surface area contributed by atoms with Gasteiger partial charge in [-0.3, -0.25) is 9.59 Å². The summed E-state index contributed by atoms with van der Waals surface area (Å²) in [6.07, 6.45) is 4.04. The zero-order valence-electron chi connectivity index (χ0n) is 21.7. The Balaban J connectivity index is 1.34. The number of aliphatic hydroxyl groups is 1. The molecular formula is C31H33FN4O3. The fourth-order valence-corrected chi connectivity index (χ4v) is 5.71. The van der Waals surface area contributed by atoms with Crippen molar-refractivity contribution in [2.24, 2.45) is 11.7 Å². The van der Waals surface area contributed by atoms with Gasteiger partial charge in [0.2, 0.25) is 11.8 Å². The van der Waals surface area contributed by atoms with Gasteiger partial charge in [0, 0.05) is 18.9 Å². The molecule has 39 heavy (non-hydrogen) atoms. The number of imidazole rings is 1. The van der Waals surface area contributed by atoms with E-state index in [1.807, 2.05) is 24.3 Å². The molecule has 4 aromatic rings. The number of fused-ring (bicyclic) bond motifs is 1. The van der Waals surface area contributed by atoms with Gasteiger partial charge >= 0.3 is 0 Å². The molecule has 1 aromatic heterocycles. The van der Waals surface area contributed by atoms with Gasteiger partial charge in [0.15, 0.2) is 0 Å². The molecule has 1 heterocycles. The summed E-state index contributed by atoms with van der Waals surface area (Å²) in [5.41, 5.74) is 10.2. The van der Waals surface area contributed by atoms with Crippen molar-refractivity contribution in [2.45, 2.75) is 50.6 Å². The summed E-state index contributed by atoms with van der Waals surface area (Å²) in [5, 5.41) is 12.4. The first-order chi connectivity index (χ1) is 18.9. The van der Waals surface area contributed by atoms with Crippen LogP contribution in [0.2, 0.25) is 0 Å². The largest absolute Gasteiger partial charge is 0.396 e. The van der Waals surface area contributed by atoms with Gasteiger partial charge in [-0.25, -0.2) is 9.37 Å². The van der Waals surface area contributed by atoms with Crippen molar-refractivity contribution in [3.05, 3.63) is 101 Å². The molecule has 3 unspecified atom stereocenters. The molecule has 3 atom stereocenters. The number of rotatable bonds is 9. The van der Waals surface area contributed by atoms with Crippen LogP contribution in [0.25, 0.3) is 11.0 Å². The van der Waals surface area contributed by atoms with Crippen LogP contribution in [0.5, 0.6) is 0 Å². The van der Waals surface area contributed by atoms with Crippen LogP contribution in [0.4, 0.5) is 4.39 Å². The number of carbonyl (C=O) groups excluding carboxylic acids is 2. The zero-order valence-corrected chi connectivity index (χ0v) is 21.7. The van der Waals surface area contributed by atoms with Gasteiger partial charge in [0.1, 0.15) is 17.7 Å². The lowest BCUT2D eigenvalue weighted by atomic mass is 9.74. The van der Waals surface area contributed by atoms with Gasteiger partial charge in [-0.05, 0) is 59.7 Å². The van der Waals surface area contributed by atoms with E-state index < -0.39 is 17.8 Å². The molecule has 0 bridgehead atoms. The Morgan fingerprint density at radius 3 is 2.46 bits per heavy atom. The van der Waals surface area contributed by atoms with Crippen molar-refractivity contribution >= 4 is 22.8 Å². The first kappa shape index (κ1) is 26.6. The molecule has 5 rings (SSSR count). The van der Waals surface area contributed by atoms with E-state index in [0.29, 0.717) is 18.5 Å². The van der Waals surface area contributed by atoms with E-state index in [1.165, 1.54) is 24.3 Å². The van der Waals surface area contributed by atoms with Crippen LogP contribution in [0.15, 0.2) is 72.8 Å². The second kappa shape index (κ2) is 11.8. The first-order valence-corrected chi connectivity index (χ1v) is 13.4. The van der Waals surface area contributed by atoms with E-state index in [1.54, 1.807) is 0 Å². The molecule has 7 nitrogen and oxygen atoms in total. The second-order valence-corrected chi connectivity index (χ2v) is 10.2. The molecule has 8 heteroatoms. The van der Waals surface area contributed by atoms with Crippen molar-refractivity contribution in [1.82, 2.24) is 14.9 Å². The van der Waals surface area contributed by atoms with Crippen molar-refractivity contribution in [2.75, 3.05) is 6.61 Å². The lowest BCUT2D eigenvalue weighted by Crippen LogP contribution is -2.42. The number of para-hydroxylation sites is 2. The van der Waals surface area contributed by atoms with Gasteiger partial charge in [-0.1, -0.05) is 61.4 Å². The lowest BCUT2D eigenvalue weighted by molar-refractivity contribution is -0.131. The van der Waals surface area contributed by atoms with Crippen molar-refractivity contribution < 1.29 is 19.1 Å². The van der Waals surface area contributed by atoms with E-state index in [9.17, 15) is 19.1 Å². The summed E-state index contributed by atoms with van der Waals surface area (Å²) in [4.78, 5) is 30.3. The highest BCUT2D eigenvalue weighted by atomic mass is 19.1. The van der Waals surface area contributed by atoms with Crippen LogP contribution in [0, 0.1) is 11.7 Å². The van der Waals surface area contributed by atoms with Gasteiger partial charge in [0.05, 0.1) is 17.6 Å². The third kappa shape index (κ3) is 5.86. The molecule has 0 radical (unpaired) electrons. The maximum atomic E-state index is 13.4. The molecule has 4 N–H and O–H groups in total. The zero-order chi connectivity index (χ0) is 27.4. The van der Waals surface area contributed by atoms with Crippen LogP contribution < -0.4 is 11.1 Å². The number of aliphatic hydroxyl groups excluding tert-OH is 1. The Hall–Kier alpha value is -4.04. The van der Waals surface area contributed by atoms with E-state index in [-0.39, 0.29) is 24.3 Å². The van der Waals surface area contributed by atoms with Crippen molar-refractivity contribution in [1.29, 1.82) is 0 Å². The molecule has 202 valence electrons. The summed E-state index contributed by atoms with van der Waals surface area (Å²) < 4.78 is 15.5. The fraction of sp³-hybridized carbons (Fsp3) is 0.323. The van der Waals surface area contributed by atoms with Crippen molar-refractivity contribution in [3.63, 3.8) is 0 Å². The summed E-state index contributed by atoms with van der Waals surface area (Å²) in [7, 11) is 0. The average Bonchev–Trinajstić information content (AvgIpc) is 3.29. The number of hydrogen-bond donors (Lipinski definition) is 3. The predicted octanol–water partition coefficient (Wildman–Crippen LogP) is 4.38. The Bertz CT molecular complexity index is 1450. The fourth-order valence-electron chi connectivity index (χ4n) is 5.71. The molecule has 2 amide bonds. The highest BCUT2D eigenvalue weighted by molar-refractivity contribution is 5.89. The molecule has 3 aromatic carbocycles. The standard InChI is InChI=1S/C31H33FN4O3/c32-23-15-13-22(14-16-23)29(30(33)38)35-31(39)25-6-2-1-5-24(25)21-11-9-20(10-12-21)19-36-27-8-4-3-7-26(27)34-28(36)17-18-37/h3-4,7-16,24-25,29,37H,1-2,5-6,17-19H2,(H2,33,38)(H,35,39). The van der Waals surface area contributed by atoms with Crippen LogP contribution in [-0.2, 0) is 22.6 Å². The minimum Gasteiger partial charge on any atom is -0.396 e. The summed E-state index contributed by atoms with van der Waals surface area (Å²) in [6, 6.07) is 20.7. The van der Waals surface area contributed by atoms with E-state index in [4.69, 9.17) is 5.73 Å². The van der Waals surface area contributed by atoms with Crippen LogP contribution in [-0.4, -0.2) is 33.1 Å². The molecule has 0 aliphatic heterocycles. The third-order valence-electron chi connectivity index (χ3n) is 7.69. The minimum atomic E-state index is -1.01. The lowest BCUT2D eigenvalue weighted by Gasteiger charge is -2.32. The van der Waals surface area contributed by atoms with E-state index in [2.05, 4.69) is 39.1 Å². The Labute approximate surface area is 226 Å². The first-order valence-electron chi connectivity index (χ1n) is 13.4. The predicted molar refractivity (Wildman–Crippen MR) is 147 cm³/mol. The van der Waals surface area contributed by atoms with Crippen LogP contribution >= 0.6 is 0 Å². The van der Waals surface area contributed by atoms with Gasteiger partial charge < -0.3 is 20.7 Å². The number of nitrogens with zero attached hydrogens (tertiary/aromatic N) is 2. The maximum absolute atomic E-state index is 13.4. The van der Waals surface area contributed by atoms with Crippen LogP contribution in [0.1, 0.15) is 60.2 Å². The van der Waals surface area contributed by atoms with Crippen LogP contribution in [0.3, 0.4) is 0 Å². The summed E-state index contributed by atoms with van der Waals surface area (Å²) in [5.74, 6) is -0.740. The number of benzene rings is 3. The third-order valence-corrected chi connectivity index (χ3v) is 7.69. The Kier molecular flexibility index (Phi) is 8.02. The number of primary amides is 1. The smallest absolute Gasteiger partial charge is 0.244 e. The number of nitrogens with one attached hydrogen (secondary N) is 1. The Morgan fingerprint density at radius 1 is 1.03 bits per heavy atom. The molecule has 1 aliphatic carbocycles. The molecular weight excluding hydrogens is 495 g/mol. The second-order valence-electron chi connectivity index (χ2n) is 10.2. The number of halogens is 1. The molecule has 1 aliphatic rings. The van der Waals surface area contributed by atoms with E-state index >= 15 is 0 Å². The average molecular weight is 529 g/mol. The molecule has 1 fully saturated rings.